The number of methoxy groups -OCH3 is 1. The monoisotopic (exact) mass is 279 g/mol. The lowest BCUT2D eigenvalue weighted by atomic mass is 10.1. The summed E-state index contributed by atoms with van der Waals surface area (Å²) in [5.41, 5.74) is 3.06. The summed E-state index contributed by atoms with van der Waals surface area (Å²) in [5.74, 6) is 2.32. The summed E-state index contributed by atoms with van der Waals surface area (Å²) in [4.78, 5) is 9.29. The molecule has 4 heteroatoms. The molecule has 0 unspecified atom stereocenters. The second kappa shape index (κ2) is 5.40. The highest BCUT2D eigenvalue weighted by Crippen LogP contribution is 2.27. The summed E-state index contributed by atoms with van der Waals surface area (Å²) in [6, 6.07) is 14.0. The molecule has 0 spiro atoms. The minimum atomic E-state index is 0.689. The van der Waals surface area contributed by atoms with Crippen LogP contribution in [0.15, 0.2) is 42.5 Å². The molecule has 0 bridgehead atoms. The highest BCUT2D eigenvalue weighted by atomic mass is 16.5. The van der Waals surface area contributed by atoms with Crippen LogP contribution in [0.4, 0.5) is 5.82 Å². The number of aromatic nitrogens is 2. The predicted octanol–water partition coefficient (Wildman–Crippen LogP) is 3.66. The highest BCUT2D eigenvalue weighted by Gasteiger charge is 2.09. The molecule has 3 aromatic rings. The van der Waals surface area contributed by atoms with Gasteiger partial charge in [-0.05, 0) is 31.2 Å². The Morgan fingerprint density at radius 1 is 1.05 bits per heavy atom. The first-order valence-corrected chi connectivity index (χ1v) is 6.82. The molecule has 106 valence electrons. The van der Waals surface area contributed by atoms with Crippen LogP contribution in [-0.2, 0) is 0 Å². The first kappa shape index (κ1) is 13.4. The van der Waals surface area contributed by atoms with Crippen LogP contribution in [0.3, 0.4) is 0 Å². The van der Waals surface area contributed by atoms with Crippen LogP contribution < -0.4 is 10.1 Å². The van der Waals surface area contributed by atoms with E-state index in [1.807, 2.05) is 37.4 Å². The molecule has 1 heterocycles. The van der Waals surface area contributed by atoms with Gasteiger partial charge in [-0.25, -0.2) is 9.97 Å². The first-order chi connectivity index (χ1) is 10.2. The number of hydrogen-bond acceptors (Lipinski definition) is 4. The molecule has 0 radical (unpaired) electrons. The summed E-state index contributed by atoms with van der Waals surface area (Å²) in [5, 5.41) is 4.19. The van der Waals surface area contributed by atoms with E-state index < -0.39 is 0 Å². The lowest BCUT2D eigenvalue weighted by molar-refractivity contribution is 0.415. The Kier molecular flexibility index (Phi) is 3.44. The van der Waals surface area contributed by atoms with Gasteiger partial charge in [0, 0.05) is 18.0 Å². The normalized spacial score (nSPS) is 10.6. The van der Waals surface area contributed by atoms with E-state index in [-0.39, 0.29) is 0 Å². The third kappa shape index (κ3) is 2.52. The molecule has 1 aromatic heterocycles. The lowest BCUT2D eigenvalue weighted by Gasteiger charge is -2.09. The molecule has 0 aliphatic rings. The molecule has 0 aliphatic heterocycles. The van der Waals surface area contributed by atoms with Crippen molar-refractivity contribution in [2.45, 2.75) is 6.92 Å². The minimum absolute atomic E-state index is 0.689. The fraction of sp³-hybridized carbons (Fsp3) is 0.176. The van der Waals surface area contributed by atoms with Crippen molar-refractivity contribution in [1.82, 2.24) is 9.97 Å². The van der Waals surface area contributed by atoms with Gasteiger partial charge in [0.25, 0.3) is 0 Å². The summed E-state index contributed by atoms with van der Waals surface area (Å²) in [7, 11) is 3.53. The van der Waals surface area contributed by atoms with Gasteiger partial charge < -0.3 is 10.1 Å². The molecule has 1 N–H and O–H groups in total. The van der Waals surface area contributed by atoms with E-state index in [2.05, 4.69) is 34.3 Å². The maximum absolute atomic E-state index is 5.26. The highest BCUT2D eigenvalue weighted by molar-refractivity contribution is 5.91. The Hall–Kier alpha value is -2.62. The Bertz CT molecular complexity index is 799. The van der Waals surface area contributed by atoms with Crippen LogP contribution in [0.1, 0.15) is 5.56 Å². The zero-order valence-corrected chi connectivity index (χ0v) is 12.3. The van der Waals surface area contributed by atoms with E-state index in [1.165, 1.54) is 5.56 Å². The molecule has 3 rings (SSSR count). The summed E-state index contributed by atoms with van der Waals surface area (Å²) >= 11 is 0. The molecule has 2 aromatic carbocycles. The van der Waals surface area contributed by atoms with Gasteiger partial charge in [-0.3, -0.25) is 0 Å². The minimum Gasteiger partial charge on any atom is -0.497 e. The Morgan fingerprint density at radius 2 is 1.90 bits per heavy atom. The van der Waals surface area contributed by atoms with Crippen LogP contribution in [0.5, 0.6) is 5.75 Å². The number of nitrogens with zero attached hydrogens (tertiary/aromatic N) is 2. The Morgan fingerprint density at radius 3 is 2.67 bits per heavy atom. The van der Waals surface area contributed by atoms with Crippen molar-refractivity contribution in [3.63, 3.8) is 0 Å². The quantitative estimate of drug-likeness (QED) is 0.795. The van der Waals surface area contributed by atoms with E-state index >= 15 is 0 Å². The van der Waals surface area contributed by atoms with Crippen LogP contribution in [-0.4, -0.2) is 24.1 Å². The molecule has 0 fully saturated rings. The molecular formula is C17H17N3O. The van der Waals surface area contributed by atoms with E-state index in [4.69, 9.17) is 4.74 Å². The first-order valence-electron chi connectivity index (χ1n) is 6.82. The smallest absolute Gasteiger partial charge is 0.162 e. The molecule has 0 atom stereocenters. The van der Waals surface area contributed by atoms with E-state index in [0.29, 0.717) is 5.82 Å². The number of benzene rings is 2. The largest absolute Gasteiger partial charge is 0.497 e. The number of anilines is 1. The Balaban J connectivity index is 2.21. The van der Waals surface area contributed by atoms with Gasteiger partial charge in [0.15, 0.2) is 5.82 Å². The van der Waals surface area contributed by atoms with E-state index in [9.17, 15) is 0 Å². The van der Waals surface area contributed by atoms with E-state index in [0.717, 1.165) is 28.0 Å². The number of aryl methyl sites for hydroxylation is 1. The molecule has 0 saturated heterocycles. The fourth-order valence-corrected chi connectivity index (χ4v) is 2.32. The van der Waals surface area contributed by atoms with Crippen molar-refractivity contribution in [3.05, 3.63) is 48.0 Å². The average Bonchev–Trinajstić information content (AvgIpc) is 2.54. The zero-order chi connectivity index (χ0) is 14.8. The topological polar surface area (TPSA) is 47.0 Å². The van der Waals surface area contributed by atoms with Crippen molar-refractivity contribution in [2.24, 2.45) is 0 Å². The SMILES string of the molecule is CNc1nc(-c2cccc(OC)c2)nc2ccc(C)cc12. The van der Waals surface area contributed by atoms with Crippen molar-refractivity contribution in [1.29, 1.82) is 0 Å². The van der Waals surface area contributed by atoms with Gasteiger partial charge in [0.1, 0.15) is 11.6 Å². The molecule has 4 nitrogen and oxygen atoms in total. The van der Waals surface area contributed by atoms with Crippen LogP contribution in [0, 0.1) is 6.92 Å². The van der Waals surface area contributed by atoms with Crippen LogP contribution in [0.25, 0.3) is 22.3 Å². The molecule has 21 heavy (non-hydrogen) atoms. The molecule has 0 aliphatic carbocycles. The van der Waals surface area contributed by atoms with Gasteiger partial charge in [-0.2, -0.15) is 0 Å². The van der Waals surface area contributed by atoms with Crippen LogP contribution in [0.2, 0.25) is 0 Å². The number of hydrogen-bond donors (Lipinski definition) is 1. The third-order valence-corrected chi connectivity index (χ3v) is 3.42. The van der Waals surface area contributed by atoms with Crippen molar-refractivity contribution in [3.8, 4) is 17.1 Å². The third-order valence-electron chi connectivity index (χ3n) is 3.42. The van der Waals surface area contributed by atoms with Gasteiger partial charge >= 0.3 is 0 Å². The lowest BCUT2D eigenvalue weighted by Crippen LogP contribution is -1.99. The Labute approximate surface area is 123 Å². The number of nitrogens with one attached hydrogen (secondary N) is 1. The second-order valence-corrected chi connectivity index (χ2v) is 4.90. The predicted molar refractivity (Wildman–Crippen MR) is 85.8 cm³/mol. The summed E-state index contributed by atoms with van der Waals surface area (Å²) < 4.78 is 5.26. The summed E-state index contributed by atoms with van der Waals surface area (Å²) in [6.45, 7) is 2.06. The fourth-order valence-electron chi connectivity index (χ4n) is 2.32. The van der Waals surface area contributed by atoms with Gasteiger partial charge in [0.2, 0.25) is 0 Å². The van der Waals surface area contributed by atoms with E-state index in [1.54, 1.807) is 7.11 Å². The van der Waals surface area contributed by atoms with Gasteiger partial charge in [0.05, 0.1) is 12.6 Å². The van der Waals surface area contributed by atoms with Crippen molar-refractivity contribution < 1.29 is 4.74 Å². The van der Waals surface area contributed by atoms with Gasteiger partial charge in [-0.1, -0.05) is 23.8 Å². The average molecular weight is 279 g/mol. The van der Waals surface area contributed by atoms with Crippen molar-refractivity contribution in [2.75, 3.05) is 19.5 Å². The summed E-state index contributed by atoms with van der Waals surface area (Å²) in [6.07, 6.45) is 0. The molecule has 0 amide bonds. The maximum Gasteiger partial charge on any atom is 0.162 e. The zero-order valence-electron chi connectivity index (χ0n) is 12.3. The molecule has 0 saturated carbocycles. The van der Waals surface area contributed by atoms with Crippen LogP contribution >= 0.6 is 0 Å². The standard InChI is InChI=1S/C17H17N3O/c1-11-7-8-15-14(9-11)17(18-2)20-16(19-15)12-5-4-6-13(10-12)21-3/h4-10H,1-3H3,(H,18,19,20). The van der Waals surface area contributed by atoms with Crippen molar-refractivity contribution >= 4 is 16.7 Å². The number of ether oxygens (including phenoxy) is 1. The second-order valence-electron chi connectivity index (χ2n) is 4.90. The molecular weight excluding hydrogens is 262 g/mol. The maximum atomic E-state index is 5.26. The number of rotatable bonds is 3. The number of fused-ring (bicyclic) bond motifs is 1. The van der Waals surface area contributed by atoms with Gasteiger partial charge in [-0.15, -0.1) is 0 Å².